The highest BCUT2D eigenvalue weighted by molar-refractivity contribution is 5.00. The molecule has 0 radical (unpaired) electrons. The summed E-state index contributed by atoms with van der Waals surface area (Å²) in [6.45, 7) is 66.7. The Labute approximate surface area is 496 Å². The van der Waals surface area contributed by atoms with Gasteiger partial charge in [-0.3, -0.25) is 14.7 Å². The van der Waals surface area contributed by atoms with Crippen molar-refractivity contribution in [2.75, 3.05) is 34.4 Å². The average molecular weight is 1140 g/mol. The number of piperidine rings is 6. The van der Waals surface area contributed by atoms with Crippen LogP contribution in [0.25, 0.3) is 0 Å². The lowest BCUT2D eigenvalue weighted by Gasteiger charge is -2.53. The van der Waals surface area contributed by atoms with Gasteiger partial charge in [0.1, 0.15) is 33.2 Å². The summed E-state index contributed by atoms with van der Waals surface area (Å²) in [5.74, 6) is 3.19. The van der Waals surface area contributed by atoms with Crippen LogP contribution in [0.15, 0.2) is 0 Å². The van der Waals surface area contributed by atoms with Crippen LogP contribution in [-0.2, 0) is 9.47 Å². The van der Waals surface area contributed by atoms with Crippen molar-refractivity contribution in [1.29, 1.82) is 0 Å². The summed E-state index contributed by atoms with van der Waals surface area (Å²) in [5.41, 5.74) is 1.47. The van der Waals surface area contributed by atoms with Gasteiger partial charge in [-0.05, 0) is 263 Å². The fourth-order valence-electron chi connectivity index (χ4n) is 17.0. The molecule has 0 aromatic rings. The number of likely N-dealkylation sites (tertiary alicyclic amines) is 3. The van der Waals surface area contributed by atoms with Crippen LogP contribution in [0.5, 0.6) is 0 Å². The molecule has 2 unspecified atom stereocenters. The number of ether oxygens (including phenoxy) is 2. The third-order valence-electron chi connectivity index (χ3n) is 20.2. The van der Waals surface area contributed by atoms with Crippen molar-refractivity contribution in [1.82, 2.24) is 14.7 Å². The topological polar surface area (TPSA) is 143 Å². The molecule has 6 heterocycles. The van der Waals surface area contributed by atoms with Gasteiger partial charge in [0.15, 0.2) is 0 Å². The van der Waals surface area contributed by atoms with E-state index in [-0.39, 0.29) is 62.6 Å². The molecule has 13 heteroatoms. The lowest BCUT2D eigenvalue weighted by Crippen LogP contribution is -3.25. The van der Waals surface area contributed by atoms with Crippen molar-refractivity contribution >= 4 is 0 Å². The largest absolute Gasteiger partial charge is 0.391 e. The molecule has 6 rings (SSSR count). The van der Waals surface area contributed by atoms with Crippen LogP contribution in [0.2, 0.25) is 0 Å². The number of rotatable bonds is 6. The van der Waals surface area contributed by atoms with Gasteiger partial charge in [-0.2, -0.15) is 15.2 Å². The van der Waals surface area contributed by atoms with Gasteiger partial charge in [0.25, 0.3) is 0 Å². The van der Waals surface area contributed by atoms with Crippen LogP contribution in [0.4, 0.5) is 0 Å². The molecule has 480 valence electrons. The van der Waals surface area contributed by atoms with Crippen molar-refractivity contribution in [3.8, 4) is 0 Å². The number of hydrogen-bond acceptors (Lipinski definition) is 10. The zero-order valence-electron chi connectivity index (χ0n) is 59.4. The van der Waals surface area contributed by atoms with Gasteiger partial charge < -0.3 is 19.7 Å². The Hall–Kier alpha value is -0.520. The Balaban J connectivity index is 0.000000482. The molecule has 0 amide bonds. The first kappa shape index (κ1) is 77.5. The van der Waals surface area contributed by atoms with Gasteiger partial charge in [-0.15, -0.1) is 0 Å². The van der Waals surface area contributed by atoms with Crippen molar-refractivity contribution in [3.63, 3.8) is 0 Å². The minimum absolute atomic E-state index is 0.0150. The summed E-state index contributed by atoms with van der Waals surface area (Å²) in [5, 5.41) is 50.6. The first-order chi connectivity index (χ1) is 35.3. The lowest BCUT2D eigenvalue weighted by molar-refractivity contribution is -1.16. The third kappa shape index (κ3) is 22.6. The van der Waals surface area contributed by atoms with Crippen molar-refractivity contribution in [2.45, 2.75) is 376 Å². The second-order valence-electron chi connectivity index (χ2n) is 35.4. The minimum Gasteiger partial charge on any atom is -0.391 e. The standard InChI is InChI=1S/C13H27NO2.C12H25NO3.2C11H23N.2C10H21NO/c1-10(15)9-16-11-7-12(2,3)14(6)13(4,5)8-11;1-9(14)8-16-10-6-11(2,3)13(15)12(4,5)7-10;2*1-9-7-10(2,3)12(6)11(4,5)8-9;2*1-8-6-9(2,3)11(12)10(4,5)7-8/h10-11,15H,7-9H2,1-6H3;9-10,14-15H,6-8H2,1-5H3;2*9H,7-8H2,1-6H3;2*8,12H,6-7H2,1-5H3/p+3. The van der Waals surface area contributed by atoms with Crippen LogP contribution in [0.1, 0.15) is 285 Å². The molecule has 0 aromatic heterocycles. The highest BCUT2D eigenvalue weighted by Gasteiger charge is 2.52. The Morgan fingerprint density at radius 3 is 0.688 bits per heavy atom. The number of nitrogens with zero attached hydrogens (tertiary/aromatic N) is 3. The molecule has 6 aliphatic heterocycles. The molecule has 0 saturated carbocycles. The van der Waals surface area contributed by atoms with E-state index in [4.69, 9.17) is 9.47 Å². The van der Waals surface area contributed by atoms with Gasteiger partial charge in [0.05, 0.1) is 37.6 Å². The summed E-state index contributed by atoms with van der Waals surface area (Å²) in [7, 11) is 6.70. The first-order valence-corrected chi connectivity index (χ1v) is 31.8. The molecule has 0 aromatic carbocycles. The second-order valence-corrected chi connectivity index (χ2v) is 35.4. The maximum atomic E-state index is 10.2. The molecular weight excluding hydrogens is 1000 g/mol. The molecule has 6 saturated heterocycles. The highest BCUT2D eigenvalue weighted by atomic mass is 16.5. The molecule has 6 fully saturated rings. The summed E-state index contributed by atoms with van der Waals surface area (Å²) in [4.78, 5) is 7.49. The molecule has 80 heavy (non-hydrogen) atoms. The molecule has 0 bridgehead atoms. The van der Waals surface area contributed by atoms with Crippen LogP contribution in [-0.4, -0.2) is 166 Å². The number of quaternary nitrogens is 3. The van der Waals surface area contributed by atoms with Crippen molar-refractivity contribution in [2.24, 2.45) is 23.7 Å². The van der Waals surface area contributed by atoms with Crippen molar-refractivity contribution in [3.05, 3.63) is 0 Å². The Morgan fingerprint density at radius 2 is 0.487 bits per heavy atom. The molecule has 13 nitrogen and oxygen atoms in total. The summed E-state index contributed by atoms with van der Waals surface area (Å²) >= 11 is 0. The summed E-state index contributed by atoms with van der Waals surface area (Å²) < 4.78 is 11.5. The smallest absolute Gasteiger partial charge is 0.124 e. The normalized spacial score (nSPS) is 33.5. The van der Waals surface area contributed by atoms with E-state index in [0.29, 0.717) is 50.6 Å². The van der Waals surface area contributed by atoms with Gasteiger partial charge in [0, 0.05) is 71.8 Å². The maximum absolute atomic E-state index is 10.2. The second kappa shape index (κ2) is 28.1. The van der Waals surface area contributed by atoms with Crippen LogP contribution < -0.4 is 15.2 Å². The van der Waals surface area contributed by atoms with Gasteiger partial charge in [-0.1, -0.05) is 27.7 Å². The number of aliphatic hydroxyl groups excluding tert-OH is 2. The predicted octanol–water partition coefficient (Wildman–Crippen LogP) is 10.7. The molecule has 8 N–H and O–H groups in total. The molecule has 0 spiro atoms. The zero-order valence-corrected chi connectivity index (χ0v) is 59.4. The van der Waals surface area contributed by atoms with E-state index in [0.717, 1.165) is 75.0 Å². The fraction of sp³-hybridized carbons (Fsp3) is 1.00. The van der Waals surface area contributed by atoms with Gasteiger partial charge >= 0.3 is 0 Å². The van der Waals surface area contributed by atoms with Crippen LogP contribution >= 0.6 is 0 Å². The molecular formula is C67H143N6O7+3. The van der Waals surface area contributed by atoms with Gasteiger partial charge in [0.2, 0.25) is 0 Å². The van der Waals surface area contributed by atoms with E-state index in [2.05, 4.69) is 202 Å². The van der Waals surface area contributed by atoms with E-state index >= 15 is 0 Å². The number of hydrogen-bond donors (Lipinski definition) is 8. The Kier molecular flexibility index (Phi) is 27.2. The van der Waals surface area contributed by atoms with Crippen molar-refractivity contribution < 1.29 is 50.5 Å². The molecule has 6 aliphatic rings. The van der Waals surface area contributed by atoms with Crippen LogP contribution in [0, 0.1) is 23.7 Å². The third-order valence-corrected chi connectivity index (χ3v) is 20.2. The Bertz CT molecular complexity index is 1520. The van der Waals surface area contributed by atoms with E-state index < -0.39 is 6.10 Å². The highest BCUT2D eigenvalue weighted by Crippen LogP contribution is 2.42. The maximum Gasteiger partial charge on any atom is 0.124 e. The lowest BCUT2D eigenvalue weighted by atomic mass is 9.75. The number of nitrogens with one attached hydrogen (secondary N) is 3. The van der Waals surface area contributed by atoms with E-state index in [1.165, 1.54) is 25.7 Å². The predicted molar refractivity (Wildman–Crippen MR) is 335 cm³/mol. The Morgan fingerprint density at radius 1 is 0.325 bits per heavy atom. The summed E-state index contributed by atoms with van der Waals surface area (Å²) in [6, 6.07) is 0. The number of aliphatic hydroxyl groups is 2. The van der Waals surface area contributed by atoms with E-state index in [9.17, 15) is 25.8 Å². The quantitative estimate of drug-likeness (QED) is 0.130. The average Bonchev–Trinajstić information content (AvgIpc) is 3.22. The molecule has 0 aliphatic carbocycles. The fourth-order valence-corrected chi connectivity index (χ4v) is 17.0. The van der Waals surface area contributed by atoms with E-state index in [1.54, 1.807) is 13.8 Å². The first-order valence-electron chi connectivity index (χ1n) is 31.8. The monoisotopic (exact) mass is 1140 g/mol. The van der Waals surface area contributed by atoms with Gasteiger partial charge in [-0.25, -0.2) is 15.6 Å². The zero-order chi connectivity index (χ0) is 63.4. The SMILES string of the molecule is CC(O)COC1CC(C)(C)N(C)C(C)(C)C1.CC(O)COC1CC(C)(C)[NH+](O)C(C)(C)C1.CC1CC(C)(C)N(C)C(C)(C)C1.CC1CC(C)(C)N(C)C(C)(C)C1.CC1CC(C)(C)[NH+](O)C(C)(C)C1.CC1CC(C)(C)[NH+](O)C(C)(C)C1. The van der Waals surface area contributed by atoms with E-state index in [1.807, 2.05) is 27.7 Å². The number of hydroxylamine groups is 6. The minimum atomic E-state index is -0.425. The summed E-state index contributed by atoms with van der Waals surface area (Å²) in [6.07, 6.45) is 13.0. The molecule has 2 atom stereocenters. The van der Waals surface area contributed by atoms with Crippen LogP contribution in [0.3, 0.4) is 0 Å².